The highest BCUT2D eigenvalue weighted by Crippen LogP contribution is 2.37. The summed E-state index contributed by atoms with van der Waals surface area (Å²) in [6, 6.07) is 15.9. The lowest BCUT2D eigenvalue weighted by atomic mass is 10.1. The normalized spacial score (nSPS) is 12.9. The summed E-state index contributed by atoms with van der Waals surface area (Å²) in [6.45, 7) is 5.75. The summed E-state index contributed by atoms with van der Waals surface area (Å²) in [5.74, 6) is 0.121. The molecule has 0 fully saturated rings. The monoisotopic (exact) mass is 432 g/mol. The maximum atomic E-state index is 13.4. The highest BCUT2D eigenvalue weighted by Gasteiger charge is 2.27. The SMILES string of the molecule is Cc1ccc(C)c(-n2nc(C)cc2NS(=O)(=O)c2ccc3c4c(cccc24)C(=O)N3)c1. The number of nitrogens with zero attached hydrogens (tertiary/aromatic N) is 2. The summed E-state index contributed by atoms with van der Waals surface area (Å²) in [4.78, 5) is 12.3. The molecule has 1 aliphatic heterocycles. The summed E-state index contributed by atoms with van der Waals surface area (Å²) < 4.78 is 31.2. The van der Waals surface area contributed by atoms with E-state index in [0.717, 1.165) is 16.8 Å². The van der Waals surface area contributed by atoms with Crippen LogP contribution in [-0.4, -0.2) is 24.1 Å². The number of aryl methyl sites for hydroxylation is 3. The average molecular weight is 433 g/mol. The number of hydrogen-bond donors (Lipinski definition) is 2. The molecule has 8 heteroatoms. The van der Waals surface area contributed by atoms with E-state index >= 15 is 0 Å². The molecule has 4 aromatic rings. The third-order valence-electron chi connectivity index (χ3n) is 5.45. The maximum Gasteiger partial charge on any atom is 0.263 e. The summed E-state index contributed by atoms with van der Waals surface area (Å²) in [5, 5.41) is 8.40. The van der Waals surface area contributed by atoms with Gasteiger partial charge in [-0.05, 0) is 56.2 Å². The second-order valence-electron chi connectivity index (χ2n) is 7.77. The molecular weight excluding hydrogens is 412 g/mol. The summed E-state index contributed by atoms with van der Waals surface area (Å²) >= 11 is 0. The molecule has 0 saturated heterocycles. The molecule has 5 rings (SSSR count). The Morgan fingerprint density at radius 1 is 1.00 bits per heavy atom. The van der Waals surface area contributed by atoms with Crippen molar-refractivity contribution in [3.05, 3.63) is 77.0 Å². The fraction of sp³-hybridized carbons (Fsp3) is 0.130. The van der Waals surface area contributed by atoms with E-state index in [1.165, 1.54) is 6.07 Å². The summed E-state index contributed by atoms with van der Waals surface area (Å²) in [6.07, 6.45) is 0. The van der Waals surface area contributed by atoms with Crippen LogP contribution in [0.3, 0.4) is 0 Å². The van der Waals surface area contributed by atoms with Crippen LogP contribution >= 0.6 is 0 Å². The van der Waals surface area contributed by atoms with Gasteiger partial charge in [-0.15, -0.1) is 0 Å². The third-order valence-corrected chi connectivity index (χ3v) is 6.86. The molecule has 0 atom stereocenters. The van der Waals surface area contributed by atoms with Crippen LogP contribution in [0.25, 0.3) is 16.5 Å². The predicted octanol–water partition coefficient (Wildman–Crippen LogP) is 4.32. The van der Waals surface area contributed by atoms with Gasteiger partial charge in [0.05, 0.1) is 16.3 Å². The first-order valence-corrected chi connectivity index (χ1v) is 11.3. The van der Waals surface area contributed by atoms with Crippen LogP contribution < -0.4 is 10.0 Å². The first-order valence-electron chi connectivity index (χ1n) is 9.79. The zero-order valence-electron chi connectivity index (χ0n) is 17.2. The van der Waals surface area contributed by atoms with Crippen LogP contribution in [0.1, 0.15) is 27.2 Å². The number of amides is 1. The second kappa shape index (κ2) is 6.68. The van der Waals surface area contributed by atoms with Crippen molar-refractivity contribution in [1.82, 2.24) is 9.78 Å². The minimum absolute atomic E-state index is 0.107. The number of carbonyl (C=O) groups is 1. The molecule has 2 heterocycles. The van der Waals surface area contributed by atoms with Gasteiger partial charge in [0.1, 0.15) is 5.82 Å². The Kier molecular flexibility index (Phi) is 4.16. The fourth-order valence-corrected chi connectivity index (χ4v) is 5.23. The third kappa shape index (κ3) is 3.07. The molecule has 31 heavy (non-hydrogen) atoms. The number of sulfonamides is 1. The number of benzene rings is 3. The van der Waals surface area contributed by atoms with Crippen molar-refractivity contribution in [3.63, 3.8) is 0 Å². The van der Waals surface area contributed by atoms with Gasteiger partial charge in [0, 0.05) is 28.1 Å². The van der Waals surface area contributed by atoms with Crippen molar-refractivity contribution in [2.45, 2.75) is 25.7 Å². The average Bonchev–Trinajstić information content (AvgIpc) is 3.24. The maximum absolute atomic E-state index is 13.4. The van der Waals surface area contributed by atoms with Crippen molar-refractivity contribution in [2.75, 3.05) is 10.0 Å². The largest absolute Gasteiger partial charge is 0.321 e. The van der Waals surface area contributed by atoms with Gasteiger partial charge in [-0.25, -0.2) is 13.1 Å². The minimum atomic E-state index is -3.95. The van der Waals surface area contributed by atoms with E-state index < -0.39 is 10.0 Å². The van der Waals surface area contributed by atoms with Crippen LogP contribution in [0, 0.1) is 20.8 Å². The van der Waals surface area contributed by atoms with Crippen LogP contribution in [-0.2, 0) is 10.0 Å². The molecule has 0 radical (unpaired) electrons. The molecule has 1 aromatic heterocycles. The van der Waals surface area contributed by atoms with Gasteiger partial charge in [0.15, 0.2) is 0 Å². The van der Waals surface area contributed by atoms with Gasteiger partial charge in [0.2, 0.25) is 0 Å². The number of anilines is 2. The quantitative estimate of drug-likeness (QED) is 0.502. The standard InChI is InChI=1S/C23H20N4O3S/c1-13-7-8-14(2)19(11-13)27-21(12-15(3)25-27)26-31(29,30)20-10-9-18-22-16(20)5-4-6-17(22)23(28)24-18/h4-12,26H,1-3H3,(H,24,28). The van der Waals surface area contributed by atoms with E-state index in [2.05, 4.69) is 15.1 Å². The molecule has 0 aliphatic carbocycles. The van der Waals surface area contributed by atoms with Crippen molar-refractivity contribution < 1.29 is 13.2 Å². The summed E-state index contributed by atoms with van der Waals surface area (Å²) in [7, 11) is -3.95. The first kappa shape index (κ1) is 19.3. The Morgan fingerprint density at radius 3 is 2.61 bits per heavy atom. The molecule has 156 valence electrons. The minimum Gasteiger partial charge on any atom is -0.321 e. The molecule has 1 amide bonds. The second-order valence-corrected chi connectivity index (χ2v) is 9.42. The van der Waals surface area contributed by atoms with Crippen LogP contribution in [0.2, 0.25) is 0 Å². The van der Waals surface area contributed by atoms with Crippen molar-refractivity contribution in [2.24, 2.45) is 0 Å². The van der Waals surface area contributed by atoms with Gasteiger partial charge in [-0.2, -0.15) is 5.10 Å². The Morgan fingerprint density at radius 2 is 1.81 bits per heavy atom. The smallest absolute Gasteiger partial charge is 0.263 e. The van der Waals surface area contributed by atoms with Gasteiger partial charge >= 0.3 is 0 Å². The zero-order chi connectivity index (χ0) is 21.9. The topological polar surface area (TPSA) is 93.1 Å². The number of aromatic nitrogens is 2. The van der Waals surface area contributed by atoms with E-state index in [-0.39, 0.29) is 10.8 Å². The lowest BCUT2D eigenvalue weighted by molar-refractivity contribution is 0.103. The Hall–Kier alpha value is -3.65. The van der Waals surface area contributed by atoms with Gasteiger partial charge in [-0.3, -0.25) is 9.52 Å². The highest BCUT2D eigenvalue weighted by molar-refractivity contribution is 7.93. The van der Waals surface area contributed by atoms with E-state index in [1.54, 1.807) is 35.0 Å². The van der Waals surface area contributed by atoms with Crippen molar-refractivity contribution >= 4 is 38.2 Å². The van der Waals surface area contributed by atoms with Crippen LogP contribution in [0.4, 0.5) is 11.5 Å². The van der Waals surface area contributed by atoms with Gasteiger partial charge in [0.25, 0.3) is 15.9 Å². The predicted molar refractivity (Wildman–Crippen MR) is 120 cm³/mol. The van der Waals surface area contributed by atoms with Gasteiger partial charge < -0.3 is 5.32 Å². The Balaban J connectivity index is 1.64. The molecule has 0 saturated carbocycles. The van der Waals surface area contributed by atoms with E-state index in [0.29, 0.717) is 33.5 Å². The van der Waals surface area contributed by atoms with E-state index in [1.807, 2.05) is 39.0 Å². The van der Waals surface area contributed by atoms with Gasteiger partial charge in [-0.1, -0.05) is 24.3 Å². The van der Waals surface area contributed by atoms with E-state index in [9.17, 15) is 13.2 Å². The Labute approximate surface area is 179 Å². The molecule has 0 spiro atoms. The summed E-state index contributed by atoms with van der Waals surface area (Å²) in [5.41, 5.74) is 4.61. The molecular formula is C23H20N4O3S. The van der Waals surface area contributed by atoms with Crippen LogP contribution in [0.15, 0.2) is 59.5 Å². The zero-order valence-corrected chi connectivity index (χ0v) is 18.0. The Bertz CT molecular complexity index is 1500. The lowest BCUT2D eigenvalue weighted by Gasteiger charge is -2.14. The number of rotatable bonds is 4. The number of carbonyl (C=O) groups excluding carboxylic acids is 1. The molecule has 0 unspecified atom stereocenters. The molecule has 2 N–H and O–H groups in total. The van der Waals surface area contributed by atoms with E-state index in [4.69, 9.17) is 0 Å². The number of hydrogen-bond acceptors (Lipinski definition) is 4. The van der Waals surface area contributed by atoms with Crippen LogP contribution in [0.5, 0.6) is 0 Å². The van der Waals surface area contributed by atoms with Crippen molar-refractivity contribution in [3.8, 4) is 5.69 Å². The number of nitrogens with one attached hydrogen (secondary N) is 2. The molecule has 7 nitrogen and oxygen atoms in total. The molecule has 0 bridgehead atoms. The van der Waals surface area contributed by atoms with Crippen molar-refractivity contribution in [1.29, 1.82) is 0 Å². The fourth-order valence-electron chi connectivity index (χ4n) is 3.99. The highest BCUT2D eigenvalue weighted by atomic mass is 32.2. The lowest BCUT2D eigenvalue weighted by Crippen LogP contribution is -2.16. The first-order chi connectivity index (χ1) is 14.7. The molecule has 3 aromatic carbocycles. The molecule has 1 aliphatic rings.